The van der Waals surface area contributed by atoms with Gasteiger partial charge >= 0.3 is 0 Å². The molecule has 2 aromatic heterocycles. The highest BCUT2D eigenvalue weighted by atomic mass is 16.2. The fourth-order valence-corrected chi connectivity index (χ4v) is 1.96. The maximum atomic E-state index is 12.3. The Balaban J connectivity index is 1.93. The van der Waals surface area contributed by atoms with E-state index < -0.39 is 0 Å². The van der Waals surface area contributed by atoms with Gasteiger partial charge in [-0.1, -0.05) is 5.10 Å². The van der Waals surface area contributed by atoms with Gasteiger partial charge in [-0.25, -0.2) is 4.68 Å². The van der Waals surface area contributed by atoms with Crippen LogP contribution in [0.4, 0.5) is 5.95 Å². The van der Waals surface area contributed by atoms with Crippen molar-refractivity contribution in [1.82, 2.24) is 25.2 Å². The van der Waals surface area contributed by atoms with Crippen LogP contribution < -0.4 is 4.90 Å². The molecule has 0 bridgehead atoms. The Kier molecular flexibility index (Phi) is 2.51. The quantitative estimate of drug-likeness (QED) is 0.727. The lowest BCUT2D eigenvalue weighted by atomic mass is 10.2. The minimum atomic E-state index is -0.113. The first-order valence-corrected chi connectivity index (χ1v) is 5.76. The summed E-state index contributed by atoms with van der Waals surface area (Å²) in [4.78, 5) is 18.1. The highest BCUT2D eigenvalue weighted by Gasteiger charge is 2.26. The summed E-state index contributed by atoms with van der Waals surface area (Å²) in [5, 5.41) is 11.3. The second kappa shape index (κ2) is 4.17. The van der Waals surface area contributed by atoms with Crippen LogP contribution in [0.25, 0.3) is 0 Å². The molecule has 3 heterocycles. The topological polar surface area (TPSA) is 76.8 Å². The highest BCUT2D eigenvalue weighted by molar-refractivity contribution is 6.05. The molecular weight excluding hydrogens is 232 g/mol. The van der Waals surface area contributed by atoms with Gasteiger partial charge in [-0.3, -0.25) is 14.7 Å². The van der Waals surface area contributed by atoms with E-state index in [4.69, 9.17) is 0 Å². The molecule has 0 fully saturated rings. The van der Waals surface area contributed by atoms with Crippen LogP contribution in [0, 0.1) is 6.92 Å². The van der Waals surface area contributed by atoms with E-state index in [1.54, 1.807) is 21.8 Å². The Labute approximate surface area is 103 Å². The fourth-order valence-electron chi connectivity index (χ4n) is 1.96. The van der Waals surface area contributed by atoms with E-state index in [0.29, 0.717) is 18.1 Å². The molecule has 0 N–H and O–H groups in total. The van der Waals surface area contributed by atoms with E-state index in [-0.39, 0.29) is 5.91 Å². The summed E-state index contributed by atoms with van der Waals surface area (Å²) in [5.74, 6) is 0.394. The van der Waals surface area contributed by atoms with E-state index in [9.17, 15) is 4.79 Å². The average Bonchev–Trinajstić information content (AvgIpc) is 2.87. The Bertz CT molecular complexity index is 575. The van der Waals surface area contributed by atoms with Crippen LogP contribution in [0.3, 0.4) is 0 Å². The summed E-state index contributed by atoms with van der Waals surface area (Å²) >= 11 is 0. The lowest BCUT2D eigenvalue weighted by molar-refractivity contribution is 0.0980. The van der Waals surface area contributed by atoms with Crippen molar-refractivity contribution in [3.63, 3.8) is 0 Å². The standard InChI is InChI=1S/C11H12N6O/c1-8-3-4-9(7-12-8)10(18)16-5-2-6-17-11(16)13-14-15-17/h3-4,7H,2,5-6H2,1H3. The van der Waals surface area contributed by atoms with Gasteiger partial charge < -0.3 is 0 Å². The Morgan fingerprint density at radius 1 is 1.33 bits per heavy atom. The molecule has 3 rings (SSSR count). The molecule has 7 nitrogen and oxygen atoms in total. The zero-order valence-electron chi connectivity index (χ0n) is 9.94. The molecule has 0 spiro atoms. The molecule has 1 aliphatic rings. The van der Waals surface area contributed by atoms with Crippen molar-refractivity contribution in [2.75, 3.05) is 11.4 Å². The first-order valence-electron chi connectivity index (χ1n) is 5.76. The zero-order valence-corrected chi connectivity index (χ0v) is 9.94. The highest BCUT2D eigenvalue weighted by Crippen LogP contribution is 2.18. The van der Waals surface area contributed by atoms with E-state index in [1.165, 1.54) is 0 Å². The van der Waals surface area contributed by atoms with Crippen molar-refractivity contribution in [1.29, 1.82) is 0 Å². The zero-order chi connectivity index (χ0) is 12.5. The predicted octanol–water partition coefficient (Wildman–Crippen LogP) is 0.427. The van der Waals surface area contributed by atoms with Gasteiger partial charge in [0.2, 0.25) is 0 Å². The molecule has 0 saturated heterocycles. The summed E-state index contributed by atoms with van der Waals surface area (Å²) in [5.41, 5.74) is 1.44. The Hall–Kier alpha value is -2.31. The van der Waals surface area contributed by atoms with Crippen molar-refractivity contribution in [3.05, 3.63) is 29.6 Å². The molecule has 0 saturated carbocycles. The second-order valence-electron chi connectivity index (χ2n) is 4.20. The average molecular weight is 244 g/mol. The summed E-state index contributed by atoms with van der Waals surface area (Å²) in [7, 11) is 0. The number of hydrogen-bond donors (Lipinski definition) is 0. The van der Waals surface area contributed by atoms with E-state index in [1.807, 2.05) is 13.0 Å². The summed E-state index contributed by atoms with van der Waals surface area (Å²) < 4.78 is 1.64. The number of rotatable bonds is 1. The first kappa shape index (κ1) is 10.8. The third kappa shape index (κ3) is 1.73. The molecule has 7 heteroatoms. The number of fused-ring (bicyclic) bond motifs is 1. The number of hydrogen-bond acceptors (Lipinski definition) is 5. The summed E-state index contributed by atoms with van der Waals surface area (Å²) in [6.07, 6.45) is 2.43. The van der Waals surface area contributed by atoms with Crippen molar-refractivity contribution >= 4 is 11.9 Å². The van der Waals surface area contributed by atoms with Crippen molar-refractivity contribution < 1.29 is 4.79 Å². The second-order valence-corrected chi connectivity index (χ2v) is 4.20. The molecule has 0 aliphatic carbocycles. The van der Waals surface area contributed by atoms with Gasteiger partial charge in [0.15, 0.2) is 0 Å². The molecule has 0 radical (unpaired) electrons. The lowest BCUT2D eigenvalue weighted by Gasteiger charge is -2.24. The first-order chi connectivity index (χ1) is 8.75. The van der Waals surface area contributed by atoms with Crippen LogP contribution >= 0.6 is 0 Å². The maximum absolute atomic E-state index is 12.3. The van der Waals surface area contributed by atoms with Crippen LogP contribution in [0.1, 0.15) is 22.5 Å². The Morgan fingerprint density at radius 3 is 3.00 bits per heavy atom. The molecular formula is C11H12N6O. The van der Waals surface area contributed by atoms with E-state index in [2.05, 4.69) is 20.5 Å². The Morgan fingerprint density at radius 2 is 2.22 bits per heavy atom. The van der Waals surface area contributed by atoms with Gasteiger partial charge in [0.1, 0.15) is 0 Å². The predicted molar refractivity (Wildman–Crippen MR) is 63.1 cm³/mol. The van der Waals surface area contributed by atoms with Gasteiger partial charge in [0.05, 0.1) is 5.56 Å². The molecule has 1 aliphatic heterocycles. The number of nitrogens with zero attached hydrogens (tertiary/aromatic N) is 6. The SMILES string of the molecule is Cc1ccc(C(=O)N2CCCn3nnnc32)cn1. The molecule has 0 atom stereocenters. The minimum Gasteiger partial charge on any atom is -0.275 e. The normalized spacial score (nSPS) is 14.4. The van der Waals surface area contributed by atoms with Crippen LogP contribution in [-0.2, 0) is 6.54 Å². The van der Waals surface area contributed by atoms with Gasteiger partial charge in [0.25, 0.3) is 11.9 Å². The summed E-state index contributed by atoms with van der Waals surface area (Å²) in [6.45, 7) is 3.26. The van der Waals surface area contributed by atoms with E-state index in [0.717, 1.165) is 18.7 Å². The van der Waals surface area contributed by atoms with Gasteiger partial charge in [-0.05, 0) is 35.9 Å². The van der Waals surface area contributed by atoms with Gasteiger partial charge in [-0.2, -0.15) is 0 Å². The molecule has 92 valence electrons. The molecule has 18 heavy (non-hydrogen) atoms. The van der Waals surface area contributed by atoms with Crippen LogP contribution in [0.2, 0.25) is 0 Å². The largest absolute Gasteiger partial charge is 0.275 e. The number of aryl methyl sites for hydroxylation is 2. The maximum Gasteiger partial charge on any atom is 0.262 e. The van der Waals surface area contributed by atoms with Gasteiger partial charge in [-0.15, -0.1) is 0 Å². The van der Waals surface area contributed by atoms with E-state index >= 15 is 0 Å². The third-order valence-corrected chi connectivity index (χ3v) is 2.91. The number of aromatic nitrogens is 5. The van der Waals surface area contributed by atoms with Crippen LogP contribution in [-0.4, -0.2) is 37.6 Å². The van der Waals surface area contributed by atoms with Crippen LogP contribution in [0.15, 0.2) is 18.3 Å². The lowest BCUT2D eigenvalue weighted by Crippen LogP contribution is -2.38. The van der Waals surface area contributed by atoms with Crippen molar-refractivity contribution in [3.8, 4) is 0 Å². The number of carbonyl (C=O) groups is 1. The van der Waals surface area contributed by atoms with Crippen molar-refractivity contribution in [2.45, 2.75) is 19.9 Å². The van der Waals surface area contributed by atoms with Crippen LogP contribution in [0.5, 0.6) is 0 Å². The number of pyridine rings is 1. The summed E-state index contributed by atoms with van der Waals surface area (Å²) in [6, 6.07) is 3.59. The van der Waals surface area contributed by atoms with Gasteiger partial charge in [0, 0.05) is 25.0 Å². The number of anilines is 1. The molecule has 1 amide bonds. The number of carbonyl (C=O) groups excluding carboxylic acids is 1. The smallest absolute Gasteiger partial charge is 0.262 e. The third-order valence-electron chi connectivity index (χ3n) is 2.91. The minimum absolute atomic E-state index is 0.113. The molecule has 0 aromatic carbocycles. The monoisotopic (exact) mass is 244 g/mol. The fraction of sp³-hybridized carbons (Fsp3) is 0.364. The number of tetrazole rings is 1. The van der Waals surface area contributed by atoms with Crippen molar-refractivity contribution in [2.24, 2.45) is 0 Å². The number of amides is 1. The molecule has 0 unspecified atom stereocenters. The molecule has 2 aromatic rings.